The van der Waals surface area contributed by atoms with Gasteiger partial charge in [-0.25, -0.2) is 4.39 Å². The molecule has 1 N–H and O–H groups in total. The number of benzene rings is 1. The summed E-state index contributed by atoms with van der Waals surface area (Å²) in [5.74, 6) is 0. The van der Waals surface area contributed by atoms with Crippen molar-refractivity contribution in [1.29, 1.82) is 0 Å². The summed E-state index contributed by atoms with van der Waals surface area (Å²) >= 11 is 3.40. The largest absolute Gasteiger partial charge is 0.316 e. The van der Waals surface area contributed by atoms with E-state index in [1.165, 1.54) is 0 Å². The van der Waals surface area contributed by atoms with Gasteiger partial charge in [0.2, 0.25) is 0 Å². The van der Waals surface area contributed by atoms with Gasteiger partial charge in [-0.05, 0) is 38.1 Å². The number of rotatable bonds is 3. The van der Waals surface area contributed by atoms with Gasteiger partial charge in [0.25, 0.3) is 0 Å². The molecule has 0 amide bonds. The van der Waals surface area contributed by atoms with E-state index in [0.717, 1.165) is 10.0 Å². The Balaban J connectivity index is 3.01. The first-order chi connectivity index (χ1) is 6.47. The third-order valence-electron chi connectivity index (χ3n) is 2.28. The first kappa shape index (κ1) is 11.7. The van der Waals surface area contributed by atoms with Crippen LogP contribution in [-0.4, -0.2) is 13.6 Å². The highest BCUT2D eigenvalue weighted by Crippen LogP contribution is 2.28. The van der Waals surface area contributed by atoms with Gasteiger partial charge in [-0.1, -0.05) is 28.1 Å². The summed E-state index contributed by atoms with van der Waals surface area (Å²) in [6, 6.07) is 5.59. The Hall–Kier alpha value is -0.410. The third-order valence-corrected chi connectivity index (χ3v) is 3.14. The van der Waals surface area contributed by atoms with Gasteiger partial charge in [-0.2, -0.15) is 0 Å². The van der Waals surface area contributed by atoms with Gasteiger partial charge < -0.3 is 5.32 Å². The highest BCUT2D eigenvalue weighted by molar-refractivity contribution is 9.10. The Morgan fingerprint density at radius 3 is 2.64 bits per heavy atom. The Labute approximate surface area is 92.8 Å². The number of alkyl halides is 1. The van der Waals surface area contributed by atoms with Crippen LogP contribution in [0.3, 0.4) is 0 Å². The summed E-state index contributed by atoms with van der Waals surface area (Å²) in [5, 5.41) is 2.85. The van der Waals surface area contributed by atoms with Crippen LogP contribution in [-0.2, 0) is 5.67 Å². The Bertz CT molecular complexity index is 323. The van der Waals surface area contributed by atoms with Crippen LogP contribution in [0.5, 0.6) is 0 Å². The van der Waals surface area contributed by atoms with Crippen LogP contribution >= 0.6 is 15.9 Å². The van der Waals surface area contributed by atoms with Crippen LogP contribution in [0.2, 0.25) is 0 Å². The fraction of sp³-hybridized carbons (Fsp3) is 0.455. The molecule has 0 aliphatic carbocycles. The molecule has 78 valence electrons. The van der Waals surface area contributed by atoms with Crippen molar-refractivity contribution in [2.24, 2.45) is 0 Å². The van der Waals surface area contributed by atoms with Crippen molar-refractivity contribution >= 4 is 15.9 Å². The molecule has 1 unspecified atom stereocenters. The molecule has 1 nitrogen and oxygen atoms in total. The third kappa shape index (κ3) is 2.55. The molecule has 1 aromatic rings. The molecule has 0 bridgehead atoms. The molecule has 0 aliphatic heterocycles. The number of aryl methyl sites for hydroxylation is 1. The standard InChI is InChI=1S/C11H15BrFN/c1-8-4-5-9(6-10(8)12)11(2,13)7-14-3/h4-6,14H,7H2,1-3H3. The van der Waals surface area contributed by atoms with Gasteiger partial charge in [0.05, 0.1) is 0 Å². The minimum atomic E-state index is -1.31. The summed E-state index contributed by atoms with van der Waals surface area (Å²) in [5.41, 5.74) is 0.503. The quantitative estimate of drug-likeness (QED) is 0.880. The van der Waals surface area contributed by atoms with E-state index in [4.69, 9.17) is 0 Å². The monoisotopic (exact) mass is 259 g/mol. The van der Waals surface area contributed by atoms with Crippen molar-refractivity contribution in [2.45, 2.75) is 19.5 Å². The molecule has 3 heteroatoms. The Kier molecular flexibility index (Phi) is 3.67. The fourth-order valence-corrected chi connectivity index (χ4v) is 1.73. The maximum absolute atomic E-state index is 14.1. The van der Waals surface area contributed by atoms with Crippen molar-refractivity contribution in [3.05, 3.63) is 33.8 Å². The van der Waals surface area contributed by atoms with E-state index in [-0.39, 0.29) is 0 Å². The summed E-state index contributed by atoms with van der Waals surface area (Å²) < 4.78 is 15.0. The Morgan fingerprint density at radius 1 is 1.50 bits per heavy atom. The predicted molar refractivity (Wildman–Crippen MR) is 61.3 cm³/mol. The van der Waals surface area contributed by atoms with Gasteiger partial charge in [0, 0.05) is 11.0 Å². The molecule has 0 spiro atoms. The molecule has 1 atom stereocenters. The van der Waals surface area contributed by atoms with Crippen LogP contribution in [0, 0.1) is 6.92 Å². The molecule has 0 fully saturated rings. The van der Waals surface area contributed by atoms with Crippen LogP contribution < -0.4 is 5.32 Å². The molecule has 0 heterocycles. The molecule has 0 saturated carbocycles. The second-order valence-electron chi connectivity index (χ2n) is 3.69. The van der Waals surface area contributed by atoms with Crippen molar-refractivity contribution < 1.29 is 4.39 Å². The molecular weight excluding hydrogens is 245 g/mol. The molecule has 0 saturated heterocycles. The van der Waals surface area contributed by atoms with Crippen molar-refractivity contribution in [3.8, 4) is 0 Å². The van der Waals surface area contributed by atoms with E-state index >= 15 is 0 Å². The molecular formula is C11H15BrFN. The highest BCUT2D eigenvalue weighted by atomic mass is 79.9. The first-order valence-electron chi connectivity index (χ1n) is 4.57. The average Bonchev–Trinajstić information content (AvgIpc) is 2.09. The lowest BCUT2D eigenvalue weighted by atomic mass is 9.97. The minimum Gasteiger partial charge on any atom is -0.316 e. The van der Waals surface area contributed by atoms with Crippen molar-refractivity contribution in [2.75, 3.05) is 13.6 Å². The predicted octanol–water partition coefficient (Wildman–Crippen LogP) is 3.16. The average molecular weight is 260 g/mol. The van der Waals surface area contributed by atoms with E-state index in [0.29, 0.717) is 12.1 Å². The van der Waals surface area contributed by atoms with E-state index in [9.17, 15) is 4.39 Å². The number of halogens is 2. The lowest BCUT2D eigenvalue weighted by molar-refractivity contribution is 0.190. The zero-order valence-electron chi connectivity index (χ0n) is 8.70. The SMILES string of the molecule is CNCC(C)(F)c1ccc(C)c(Br)c1. The Morgan fingerprint density at radius 2 is 2.14 bits per heavy atom. The van der Waals surface area contributed by atoms with Gasteiger partial charge in [-0.3, -0.25) is 0 Å². The molecule has 0 aliphatic rings. The molecule has 1 rings (SSSR count). The lowest BCUT2D eigenvalue weighted by Gasteiger charge is -2.21. The fourth-order valence-electron chi connectivity index (χ4n) is 1.35. The number of likely N-dealkylation sites (N-methyl/N-ethyl adjacent to an activating group) is 1. The highest BCUT2D eigenvalue weighted by Gasteiger charge is 2.24. The smallest absolute Gasteiger partial charge is 0.145 e. The van der Waals surface area contributed by atoms with E-state index in [1.807, 2.05) is 25.1 Å². The molecule has 0 radical (unpaired) electrons. The maximum Gasteiger partial charge on any atom is 0.145 e. The minimum absolute atomic E-state index is 0.322. The second kappa shape index (κ2) is 4.41. The van der Waals surface area contributed by atoms with Gasteiger partial charge in [0.1, 0.15) is 5.67 Å². The van der Waals surface area contributed by atoms with E-state index in [1.54, 1.807) is 14.0 Å². The van der Waals surface area contributed by atoms with Crippen LogP contribution in [0.25, 0.3) is 0 Å². The summed E-state index contributed by atoms with van der Waals surface area (Å²) in [6.45, 7) is 3.89. The van der Waals surface area contributed by atoms with Crippen LogP contribution in [0.4, 0.5) is 4.39 Å². The molecule has 1 aromatic carbocycles. The van der Waals surface area contributed by atoms with E-state index in [2.05, 4.69) is 21.2 Å². The zero-order valence-corrected chi connectivity index (χ0v) is 10.3. The zero-order chi connectivity index (χ0) is 10.8. The van der Waals surface area contributed by atoms with Gasteiger partial charge in [-0.15, -0.1) is 0 Å². The molecule has 0 aromatic heterocycles. The number of hydrogen-bond donors (Lipinski definition) is 1. The van der Waals surface area contributed by atoms with E-state index < -0.39 is 5.67 Å². The maximum atomic E-state index is 14.1. The molecule has 14 heavy (non-hydrogen) atoms. The lowest BCUT2D eigenvalue weighted by Crippen LogP contribution is -2.29. The van der Waals surface area contributed by atoms with Crippen molar-refractivity contribution in [1.82, 2.24) is 5.32 Å². The summed E-state index contributed by atoms with van der Waals surface area (Å²) in [4.78, 5) is 0. The second-order valence-corrected chi connectivity index (χ2v) is 4.55. The number of nitrogens with one attached hydrogen (secondary N) is 1. The van der Waals surface area contributed by atoms with Crippen molar-refractivity contribution in [3.63, 3.8) is 0 Å². The van der Waals surface area contributed by atoms with Crippen LogP contribution in [0.15, 0.2) is 22.7 Å². The van der Waals surface area contributed by atoms with Gasteiger partial charge in [0.15, 0.2) is 0 Å². The summed E-state index contributed by atoms with van der Waals surface area (Å²) in [7, 11) is 1.75. The topological polar surface area (TPSA) is 12.0 Å². The summed E-state index contributed by atoms with van der Waals surface area (Å²) in [6.07, 6.45) is 0. The van der Waals surface area contributed by atoms with Gasteiger partial charge >= 0.3 is 0 Å². The van der Waals surface area contributed by atoms with Crippen LogP contribution in [0.1, 0.15) is 18.1 Å². The number of hydrogen-bond acceptors (Lipinski definition) is 1. The normalized spacial score (nSPS) is 15.2. The first-order valence-corrected chi connectivity index (χ1v) is 5.37.